The van der Waals surface area contributed by atoms with Crippen LogP contribution < -0.4 is 0 Å². The van der Waals surface area contributed by atoms with Gasteiger partial charge in [0, 0.05) is 32.1 Å². The van der Waals surface area contributed by atoms with Crippen LogP contribution in [0.4, 0.5) is 0 Å². The second-order valence-electron chi connectivity index (χ2n) is 18.1. The van der Waals surface area contributed by atoms with Crippen molar-refractivity contribution in [2.45, 2.75) is 226 Å². The number of benzene rings is 1. The van der Waals surface area contributed by atoms with E-state index in [-0.39, 0.29) is 35.6 Å². The molecule has 2 aliphatic rings. The van der Waals surface area contributed by atoms with Gasteiger partial charge in [-0.1, -0.05) is 51.1 Å². The van der Waals surface area contributed by atoms with E-state index in [9.17, 15) is 0 Å². The van der Waals surface area contributed by atoms with Gasteiger partial charge < -0.3 is 33.3 Å². The third kappa shape index (κ3) is 19.7. The zero-order valence-electron chi connectivity index (χ0n) is 36.7. The van der Waals surface area contributed by atoms with Gasteiger partial charge in [-0.3, -0.25) is 0 Å². The van der Waals surface area contributed by atoms with Crippen molar-refractivity contribution >= 4 is 34.3 Å². The predicted molar refractivity (Wildman–Crippen MR) is 229 cm³/mol. The number of rotatable bonds is 22. The first kappa shape index (κ1) is 49.6. The molecule has 10 heteroatoms. The molecule has 2 fully saturated rings. The van der Waals surface area contributed by atoms with Crippen LogP contribution in [0.5, 0.6) is 0 Å². The van der Waals surface area contributed by atoms with Gasteiger partial charge in [0.15, 0.2) is 19.9 Å². The fourth-order valence-corrected chi connectivity index (χ4v) is 17.9. The van der Waals surface area contributed by atoms with Gasteiger partial charge in [0.05, 0.1) is 37.1 Å². The molecule has 0 spiro atoms. The predicted octanol–water partition coefficient (Wildman–Crippen LogP) is 12.3. The summed E-state index contributed by atoms with van der Waals surface area (Å²) in [5, 5.41) is 12.2. The van der Waals surface area contributed by atoms with E-state index >= 15 is 0 Å². The van der Waals surface area contributed by atoms with Crippen molar-refractivity contribution in [3.05, 3.63) is 35.9 Å². The van der Waals surface area contributed by atoms with Gasteiger partial charge in [-0.05, 0) is 70.7 Å². The van der Waals surface area contributed by atoms with Gasteiger partial charge in [0.1, 0.15) is 0 Å². The number of unbranched alkanes of at least 4 members (excludes halogenated alkanes) is 3. The van der Waals surface area contributed by atoms with Gasteiger partial charge in [-0.15, -0.1) is 5.16 Å². The summed E-state index contributed by atoms with van der Waals surface area (Å²) in [5.74, 6) is -1.41. The van der Waals surface area contributed by atoms with Crippen LogP contribution in [0.3, 0.4) is 0 Å². The van der Waals surface area contributed by atoms with Gasteiger partial charge in [-0.2, -0.15) is 0 Å². The van der Waals surface area contributed by atoms with Gasteiger partial charge >= 0.3 is 92.4 Å². The minimum absolute atomic E-state index is 0.0496. The Morgan fingerprint density at radius 3 is 1.91 bits per heavy atom. The summed E-state index contributed by atoms with van der Waals surface area (Å²) in [7, 11) is -2.09. The van der Waals surface area contributed by atoms with E-state index in [1.165, 1.54) is 50.3 Å². The van der Waals surface area contributed by atoms with Crippen molar-refractivity contribution < 1.29 is 33.3 Å². The second kappa shape index (κ2) is 25.1. The Hall–Kier alpha value is -0.534. The van der Waals surface area contributed by atoms with Gasteiger partial charge in [0.25, 0.3) is 0 Å². The van der Waals surface area contributed by atoms with E-state index in [0.717, 1.165) is 25.7 Å². The third-order valence-electron chi connectivity index (χ3n) is 11.0. The molecule has 0 bridgehead atoms. The Morgan fingerprint density at radius 2 is 1.37 bits per heavy atom. The molecule has 1 aromatic rings. The van der Waals surface area contributed by atoms with Gasteiger partial charge in [-0.25, -0.2) is 0 Å². The molecule has 2 saturated heterocycles. The number of hydrogen-bond donors (Lipinski definition) is 1. The van der Waals surface area contributed by atoms with E-state index < -0.39 is 39.7 Å². The molecule has 54 heavy (non-hydrogen) atoms. The Morgan fingerprint density at radius 1 is 0.833 bits per heavy atom. The molecule has 0 aromatic heterocycles. The van der Waals surface area contributed by atoms with Crippen molar-refractivity contribution in [3.63, 3.8) is 0 Å². The molecular weight excluding hydrogens is 801 g/mol. The normalized spacial score (nSPS) is 23.6. The van der Waals surface area contributed by atoms with Crippen molar-refractivity contribution in [1.82, 2.24) is 0 Å². The Labute approximate surface area is 340 Å². The number of hydrogen-bond acceptors (Lipinski definition) is 8. The molecule has 1 N–H and O–H groups in total. The molecule has 0 aliphatic carbocycles. The molecule has 2 heterocycles. The summed E-state index contributed by atoms with van der Waals surface area (Å²) in [6.07, 6.45) is 14.6. The molecular formula is C44H82NO7SiSn. The van der Waals surface area contributed by atoms with Crippen LogP contribution in [0, 0.1) is 0 Å². The summed E-state index contributed by atoms with van der Waals surface area (Å²) in [6.45, 7) is 27.5. The second-order valence-corrected chi connectivity index (χ2v) is 31.4. The molecule has 2 aliphatic heterocycles. The van der Waals surface area contributed by atoms with Crippen LogP contribution in [0.25, 0.3) is 0 Å². The number of ether oxygens (including phenoxy) is 5. The zero-order valence-corrected chi connectivity index (χ0v) is 40.6. The van der Waals surface area contributed by atoms with E-state index in [0.29, 0.717) is 26.1 Å². The number of oxime groups is 1. The molecule has 1 radical (unpaired) electrons. The standard InChI is InChI=1S/C32H55NO7Si.3C4H9.Sn/c1-30(2,3)41(8,9)40-28(29-22-26(17-19-33-34)37-32(6,7)39-29)16-15-25-21-27(38-31(4,5)36-25)18-20-35-23-24-13-11-10-12-14-24;3*1-3-4-2;/h10-14,19,25-29,34H,15-18,20-23H2,1-9H3;3*1,3-4H2,2H3;/b33-19+;;;;/t25-,26-,27+,28-,29-;;;;/m1..../s1. The quantitative estimate of drug-likeness (QED) is 0.0408. The molecule has 3 rings (SSSR count). The molecule has 0 unspecified atom stereocenters. The Bertz CT molecular complexity index is 1130. The number of nitrogens with zero attached hydrogens (tertiary/aromatic N) is 1. The molecule has 0 amide bonds. The van der Waals surface area contributed by atoms with Crippen LogP contribution in [-0.4, -0.2) is 88.2 Å². The maximum absolute atomic E-state index is 8.99. The Kier molecular flexibility index (Phi) is 23.0. The third-order valence-corrected chi connectivity index (χ3v) is 24.6. The van der Waals surface area contributed by atoms with Crippen LogP contribution in [0.2, 0.25) is 31.4 Å². The van der Waals surface area contributed by atoms with Crippen molar-refractivity contribution in [2.24, 2.45) is 5.16 Å². The summed E-state index contributed by atoms with van der Waals surface area (Å²) >= 11 is -0.839. The maximum atomic E-state index is 8.99. The van der Waals surface area contributed by atoms with Crippen molar-refractivity contribution in [2.75, 3.05) is 6.61 Å². The van der Waals surface area contributed by atoms with E-state index in [4.69, 9.17) is 33.3 Å². The van der Waals surface area contributed by atoms with Crippen LogP contribution >= 0.6 is 0 Å². The topological polar surface area (TPSA) is 88.0 Å². The summed E-state index contributed by atoms with van der Waals surface area (Å²) in [6, 6.07) is 10.2. The molecule has 1 aromatic carbocycles. The first-order chi connectivity index (χ1) is 25.4. The van der Waals surface area contributed by atoms with E-state index in [1.54, 1.807) is 13.3 Å². The first-order valence-electron chi connectivity index (χ1n) is 21.4. The first-order valence-corrected chi connectivity index (χ1v) is 30.4. The van der Waals surface area contributed by atoms with E-state index in [1.807, 2.05) is 45.9 Å². The fourth-order valence-electron chi connectivity index (χ4n) is 7.12. The molecule has 0 saturated carbocycles. The van der Waals surface area contributed by atoms with E-state index in [2.05, 4.69) is 71.9 Å². The van der Waals surface area contributed by atoms with Crippen LogP contribution in [0.15, 0.2) is 35.5 Å². The monoisotopic (exact) mass is 884 g/mol. The molecule has 313 valence electrons. The zero-order chi connectivity index (χ0) is 40.3. The average molecular weight is 884 g/mol. The fraction of sp³-hybridized carbons (Fsp3) is 0.841. The van der Waals surface area contributed by atoms with Crippen LogP contribution in [0.1, 0.15) is 152 Å². The Balaban J connectivity index is 0.000000660. The molecule has 5 atom stereocenters. The summed E-state index contributed by atoms with van der Waals surface area (Å²) < 4.78 is 43.4. The van der Waals surface area contributed by atoms with Gasteiger partial charge in [0.2, 0.25) is 0 Å². The minimum atomic E-state index is -2.09. The summed E-state index contributed by atoms with van der Waals surface area (Å²) in [5.41, 5.74) is 1.18. The molecule has 8 nitrogen and oxygen atoms in total. The summed E-state index contributed by atoms with van der Waals surface area (Å²) in [4.78, 5) is 0. The SMILES string of the molecule is CC1(C)O[C@H](CC[C@@H](O[Si](C)(C)C(C)(C)C)[C@H]2C[C@@H](C/C=N/O)OC(C)(C)O2)C[C@H](CCOCc2ccccc2)O1.CCC[CH2][Sn]([CH2]CCC)[CH2]CCC. The van der Waals surface area contributed by atoms with Crippen molar-refractivity contribution in [1.29, 1.82) is 0 Å². The average Bonchev–Trinajstić information content (AvgIpc) is 3.09. The van der Waals surface area contributed by atoms with Crippen LogP contribution in [-0.2, 0) is 34.7 Å². The van der Waals surface area contributed by atoms with Crippen molar-refractivity contribution in [3.8, 4) is 0 Å².